The van der Waals surface area contributed by atoms with Crippen LogP contribution in [0.5, 0.6) is 0 Å². The molecule has 0 aliphatic rings. The Morgan fingerprint density at radius 2 is 2.00 bits per heavy atom. The van der Waals surface area contributed by atoms with E-state index in [1.54, 1.807) is 27.0 Å². The molecule has 6 nitrogen and oxygen atoms in total. The number of H-pyrrole nitrogens is 1. The summed E-state index contributed by atoms with van der Waals surface area (Å²) in [5.41, 5.74) is 1.28. The number of carboxylic acids is 1. The Bertz CT molecular complexity index is 536. The summed E-state index contributed by atoms with van der Waals surface area (Å²) < 4.78 is 11.2. The second-order valence-electron chi connectivity index (χ2n) is 4.45. The van der Waals surface area contributed by atoms with Crippen LogP contribution in [0, 0.1) is 13.8 Å². The van der Waals surface area contributed by atoms with Crippen LogP contribution in [0.4, 0.5) is 0 Å². The summed E-state index contributed by atoms with van der Waals surface area (Å²) in [4.78, 5) is 25.7. The van der Waals surface area contributed by atoms with E-state index in [9.17, 15) is 13.8 Å². The number of aromatic carboxylic acids is 1. The lowest BCUT2D eigenvalue weighted by atomic mass is 10.1. The van der Waals surface area contributed by atoms with Crippen molar-refractivity contribution in [2.45, 2.75) is 26.0 Å². The van der Waals surface area contributed by atoms with E-state index in [0.29, 0.717) is 16.8 Å². The molecule has 0 saturated carbocycles. The molecule has 0 aliphatic carbocycles. The maximum Gasteiger partial charge on any atom is 0.352 e. The Hall–Kier alpha value is -1.63. The van der Waals surface area contributed by atoms with Gasteiger partial charge in [0.2, 0.25) is 0 Å². The van der Waals surface area contributed by atoms with E-state index >= 15 is 0 Å². The van der Waals surface area contributed by atoms with Gasteiger partial charge in [-0.05, 0) is 26.3 Å². The number of hydrogen-bond acceptors (Lipinski definition) is 3. The van der Waals surface area contributed by atoms with Crippen molar-refractivity contribution in [3.05, 3.63) is 22.5 Å². The number of amides is 1. The minimum absolute atomic E-state index is 0.0229. The highest BCUT2D eigenvalue weighted by atomic mass is 32.2. The lowest BCUT2D eigenvalue weighted by Gasteiger charge is -2.10. The van der Waals surface area contributed by atoms with Crippen molar-refractivity contribution in [3.8, 4) is 0 Å². The molecule has 1 rings (SSSR count). The molecule has 0 spiro atoms. The highest BCUT2D eigenvalue weighted by molar-refractivity contribution is 7.84. The molecule has 1 aromatic rings. The quantitative estimate of drug-likeness (QED) is 0.746. The van der Waals surface area contributed by atoms with E-state index < -0.39 is 16.8 Å². The van der Waals surface area contributed by atoms with Crippen molar-refractivity contribution in [3.63, 3.8) is 0 Å². The number of hydrogen-bond donors (Lipinski definition) is 3. The van der Waals surface area contributed by atoms with Crippen LogP contribution in [-0.4, -0.2) is 44.2 Å². The largest absolute Gasteiger partial charge is 0.477 e. The Morgan fingerprint density at radius 3 is 2.42 bits per heavy atom. The molecule has 0 radical (unpaired) electrons. The summed E-state index contributed by atoms with van der Waals surface area (Å²) in [5.74, 6) is -1.45. The van der Waals surface area contributed by atoms with Gasteiger partial charge in [-0.3, -0.25) is 9.00 Å². The Kier molecular flexibility index (Phi) is 4.88. The lowest BCUT2D eigenvalue weighted by molar-refractivity contribution is 0.0690. The van der Waals surface area contributed by atoms with Gasteiger partial charge in [-0.15, -0.1) is 0 Å². The number of carboxylic acid groups (broad SMARTS) is 1. The van der Waals surface area contributed by atoms with Crippen molar-refractivity contribution in [1.82, 2.24) is 10.3 Å². The topological polar surface area (TPSA) is 99.3 Å². The van der Waals surface area contributed by atoms with Gasteiger partial charge in [-0.2, -0.15) is 0 Å². The fourth-order valence-electron chi connectivity index (χ4n) is 1.75. The van der Waals surface area contributed by atoms with Crippen LogP contribution in [0.2, 0.25) is 0 Å². The molecule has 2 atom stereocenters. The average molecular weight is 286 g/mol. The third-order valence-corrected chi connectivity index (χ3v) is 4.30. The van der Waals surface area contributed by atoms with Crippen molar-refractivity contribution in [2.24, 2.45) is 0 Å². The van der Waals surface area contributed by atoms with Gasteiger partial charge in [0.05, 0.1) is 5.56 Å². The van der Waals surface area contributed by atoms with Gasteiger partial charge in [-0.25, -0.2) is 4.79 Å². The maximum atomic E-state index is 12.0. The lowest BCUT2D eigenvalue weighted by Crippen LogP contribution is -2.33. The zero-order valence-corrected chi connectivity index (χ0v) is 12.2. The van der Waals surface area contributed by atoms with Crippen LogP contribution in [0.15, 0.2) is 0 Å². The molecule has 1 heterocycles. The fourth-order valence-corrected chi connectivity index (χ4v) is 2.06. The zero-order valence-electron chi connectivity index (χ0n) is 11.4. The Balaban J connectivity index is 2.89. The van der Waals surface area contributed by atoms with Gasteiger partial charge < -0.3 is 15.4 Å². The third kappa shape index (κ3) is 3.44. The molecular weight excluding hydrogens is 268 g/mol. The minimum atomic E-state index is -1.09. The third-order valence-electron chi connectivity index (χ3n) is 3.00. The maximum absolute atomic E-state index is 12.0. The van der Waals surface area contributed by atoms with Gasteiger partial charge >= 0.3 is 5.97 Å². The van der Waals surface area contributed by atoms with Crippen molar-refractivity contribution in [2.75, 3.05) is 12.8 Å². The molecule has 0 aromatic carbocycles. The zero-order chi connectivity index (χ0) is 14.7. The normalized spacial score (nSPS) is 13.9. The number of aromatic amines is 1. The Labute approximate surface area is 114 Å². The second-order valence-corrected chi connectivity index (χ2v) is 6.25. The summed E-state index contributed by atoms with van der Waals surface area (Å²) in [6, 6.07) is 0. The summed E-state index contributed by atoms with van der Waals surface area (Å²) in [7, 11) is -1.01. The van der Waals surface area contributed by atoms with E-state index in [-0.39, 0.29) is 23.4 Å². The molecular formula is C12H18N2O4S. The van der Waals surface area contributed by atoms with Gasteiger partial charge in [0.1, 0.15) is 5.69 Å². The first-order chi connectivity index (χ1) is 8.75. The van der Waals surface area contributed by atoms with Crippen LogP contribution < -0.4 is 5.32 Å². The van der Waals surface area contributed by atoms with E-state index in [0.717, 1.165) is 0 Å². The number of aromatic nitrogens is 1. The first-order valence-electron chi connectivity index (χ1n) is 5.78. The molecule has 3 N–H and O–H groups in total. The Morgan fingerprint density at radius 1 is 1.42 bits per heavy atom. The summed E-state index contributed by atoms with van der Waals surface area (Å²) in [5, 5.41) is 11.5. The summed E-state index contributed by atoms with van der Waals surface area (Å²) in [6.07, 6.45) is 1.58. The van der Waals surface area contributed by atoms with Gasteiger partial charge in [-0.1, -0.05) is 0 Å². The molecule has 0 bridgehead atoms. The van der Waals surface area contributed by atoms with Crippen LogP contribution in [0.25, 0.3) is 0 Å². The number of carbonyl (C=O) groups excluding carboxylic acids is 1. The first kappa shape index (κ1) is 15.4. The van der Waals surface area contributed by atoms with E-state index in [2.05, 4.69) is 10.3 Å². The smallest absolute Gasteiger partial charge is 0.352 e. The van der Waals surface area contributed by atoms with Gasteiger partial charge in [0, 0.05) is 34.5 Å². The van der Waals surface area contributed by atoms with Gasteiger partial charge in [0.15, 0.2) is 0 Å². The summed E-state index contributed by atoms with van der Waals surface area (Å²) in [6.45, 7) is 5.29. The molecule has 7 heteroatoms. The van der Waals surface area contributed by atoms with Gasteiger partial charge in [0.25, 0.3) is 5.91 Å². The average Bonchev–Trinajstić information content (AvgIpc) is 2.61. The van der Waals surface area contributed by atoms with Crippen molar-refractivity contribution in [1.29, 1.82) is 0 Å². The number of carbonyl (C=O) groups is 2. The first-order valence-corrected chi connectivity index (χ1v) is 7.40. The predicted octanol–water partition coefficient (Wildman–Crippen LogP) is 0.827. The SMILES string of the molecule is Cc1[nH]c(C(=O)O)c(C)c1C(=O)NCC(C)S(C)=O. The molecule has 106 valence electrons. The number of rotatable bonds is 5. The molecule has 0 fully saturated rings. The highest BCUT2D eigenvalue weighted by Crippen LogP contribution is 2.17. The van der Waals surface area contributed by atoms with Crippen LogP contribution in [0.1, 0.15) is 39.0 Å². The van der Waals surface area contributed by atoms with Crippen LogP contribution in [-0.2, 0) is 10.8 Å². The molecule has 19 heavy (non-hydrogen) atoms. The van der Waals surface area contributed by atoms with Crippen molar-refractivity contribution < 1.29 is 18.9 Å². The van der Waals surface area contributed by atoms with Crippen LogP contribution in [0.3, 0.4) is 0 Å². The molecule has 1 aromatic heterocycles. The van der Waals surface area contributed by atoms with E-state index in [1.165, 1.54) is 0 Å². The molecule has 0 aliphatic heterocycles. The summed E-state index contributed by atoms with van der Waals surface area (Å²) >= 11 is 0. The highest BCUT2D eigenvalue weighted by Gasteiger charge is 2.21. The molecule has 2 unspecified atom stereocenters. The minimum Gasteiger partial charge on any atom is -0.477 e. The molecule has 1 amide bonds. The standard InChI is InChI=1S/C12H18N2O4S/c1-6(19(4)18)5-13-11(15)9-7(2)10(12(16)17)14-8(9)3/h6,14H,5H2,1-4H3,(H,13,15)(H,16,17). The van der Waals surface area contributed by atoms with Crippen LogP contribution >= 0.6 is 0 Å². The van der Waals surface area contributed by atoms with E-state index in [1.807, 2.05) is 0 Å². The second kappa shape index (κ2) is 6.01. The van der Waals surface area contributed by atoms with Crippen molar-refractivity contribution >= 4 is 22.7 Å². The fraction of sp³-hybridized carbons (Fsp3) is 0.500. The number of aryl methyl sites for hydroxylation is 1. The number of nitrogens with one attached hydrogen (secondary N) is 2. The monoisotopic (exact) mass is 286 g/mol. The van der Waals surface area contributed by atoms with E-state index in [4.69, 9.17) is 5.11 Å². The predicted molar refractivity (Wildman–Crippen MR) is 73.1 cm³/mol. The molecule has 0 saturated heterocycles.